The Bertz CT molecular complexity index is 1330. The Morgan fingerprint density at radius 1 is 1.03 bits per heavy atom. The molecule has 34 heavy (non-hydrogen) atoms. The maximum absolute atomic E-state index is 12.7. The topological polar surface area (TPSA) is 75.8 Å². The van der Waals surface area contributed by atoms with Gasteiger partial charge in [-0.25, -0.2) is 4.79 Å². The van der Waals surface area contributed by atoms with Crippen LogP contribution in [0.5, 0.6) is 11.5 Å². The van der Waals surface area contributed by atoms with E-state index in [1.807, 2.05) is 54.6 Å². The number of carbonyl (C=O) groups is 1. The van der Waals surface area contributed by atoms with Crippen molar-refractivity contribution in [3.8, 4) is 11.5 Å². The summed E-state index contributed by atoms with van der Waals surface area (Å²) in [6.45, 7) is 1.30. The van der Waals surface area contributed by atoms with E-state index in [9.17, 15) is 4.79 Å². The normalized spacial score (nSPS) is 16.9. The van der Waals surface area contributed by atoms with Crippen LogP contribution < -0.4 is 14.8 Å². The van der Waals surface area contributed by atoms with Gasteiger partial charge in [0.25, 0.3) is 0 Å². The van der Waals surface area contributed by atoms with Gasteiger partial charge in [-0.1, -0.05) is 54.6 Å². The Hall–Kier alpha value is -3.97. The predicted molar refractivity (Wildman–Crippen MR) is 128 cm³/mol. The van der Waals surface area contributed by atoms with E-state index in [1.165, 1.54) is 16.5 Å². The summed E-state index contributed by atoms with van der Waals surface area (Å²) in [5.74, 6) is 1.43. The second-order valence-electron chi connectivity index (χ2n) is 8.51. The third-order valence-electron chi connectivity index (χ3n) is 6.43. The first kappa shape index (κ1) is 20.6. The first-order valence-electron chi connectivity index (χ1n) is 11.5. The fourth-order valence-electron chi connectivity index (χ4n) is 4.83. The Labute approximate surface area is 197 Å². The average Bonchev–Trinajstić information content (AvgIpc) is 3.48. The highest BCUT2D eigenvalue weighted by Gasteiger charge is 2.35. The van der Waals surface area contributed by atoms with Crippen molar-refractivity contribution in [1.82, 2.24) is 15.4 Å². The average molecular weight is 456 g/mol. The van der Waals surface area contributed by atoms with Crippen molar-refractivity contribution in [2.45, 2.75) is 18.9 Å². The number of rotatable bonds is 5. The number of nitrogens with zero attached hydrogens (tertiary/aromatic N) is 1. The molecule has 172 valence electrons. The molecule has 7 nitrogen and oxygen atoms in total. The van der Waals surface area contributed by atoms with Crippen molar-refractivity contribution >= 4 is 17.0 Å². The smallest absolute Gasteiger partial charge is 0.426 e. The van der Waals surface area contributed by atoms with Crippen LogP contribution in [0.3, 0.4) is 0 Å². The molecule has 7 heteroatoms. The molecule has 0 saturated carbocycles. The highest BCUT2D eigenvalue weighted by Crippen LogP contribution is 2.42. The minimum Gasteiger partial charge on any atom is -0.454 e. The molecule has 4 aromatic rings. The molecule has 6 rings (SSSR count). The largest absolute Gasteiger partial charge is 0.454 e. The maximum Gasteiger partial charge on any atom is 0.426 e. The van der Waals surface area contributed by atoms with Crippen LogP contribution >= 0.6 is 0 Å². The van der Waals surface area contributed by atoms with Gasteiger partial charge < -0.3 is 24.6 Å². The lowest BCUT2D eigenvalue weighted by Gasteiger charge is -2.34. The molecule has 0 aliphatic carbocycles. The van der Waals surface area contributed by atoms with Crippen molar-refractivity contribution in [2.75, 3.05) is 19.9 Å². The van der Waals surface area contributed by atoms with Crippen molar-refractivity contribution in [2.24, 2.45) is 0 Å². The van der Waals surface area contributed by atoms with Crippen molar-refractivity contribution in [3.63, 3.8) is 0 Å². The van der Waals surface area contributed by atoms with E-state index >= 15 is 0 Å². The van der Waals surface area contributed by atoms with Gasteiger partial charge in [0.05, 0.1) is 0 Å². The van der Waals surface area contributed by atoms with Gasteiger partial charge in [-0.05, 0) is 47.7 Å². The van der Waals surface area contributed by atoms with Crippen LogP contribution in [0, 0.1) is 0 Å². The van der Waals surface area contributed by atoms with E-state index in [0.29, 0.717) is 18.8 Å². The number of aromatic nitrogens is 1. The molecule has 0 saturated heterocycles. The fourth-order valence-corrected chi connectivity index (χ4v) is 4.83. The van der Waals surface area contributed by atoms with Gasteiger partial charge in [-0.15, -0.1) is 5.06 Å². The van der Waals surface area contributed by atoms with Crippen LogP contribution in [0.4, 0.5) is 4.79 Å². The molecule has 2 aliphatic rings. The standard InChI is InChI=1S/C27H25N3O4/c31-27(28-14-12-18-6-2-1-3-7-18)34-30-15-13-21-20-8-4-5-9-22(20)29-25(21)26(30)19-10-11-23-24(16-19)33-17-32-23/h1-11,16,26,29H,12-15,17H2,(H,28,31)/t26-/m1/s1. The molecule has 0 fully saturated rings. The second-order valence-corrected chi connectivity index (χ2v) is 8.51. The Balaban J connectivity index is 1.26. The third kappa shape index (κ3) is 3.84. The summed E-state index contributed by atoms with van der Waals surface area (Å²) in [4.78, 5) is 22.2. The van der Waals surface area contributed by atoms with Crippen molar-refractivity contribution in [1.29, 1.82) is 0 Å². The molecule has 2 N–H and O–H groups in total. The SMILES string of the molecule is O=C(NCCc1ccccc1)ON1CCc2c([nH]c3ccccc23)[C@H]1c1ccc2c(c1)OCO2. The number of hydroxylamine groups is 2. The van der Waals surface area contributed by atoms with Gasteiger partial charge in [0, 0.05) is 29.7 Å². The number of fused-ring (bicyclic) bond motifs is 4. The number of benzene rings is 3. The lowest BCUT2D eigenvalue weighted by atomic mass is 9.93. The number of H-pyrrole nitrogens is 1. The molecule has 0 unspecified atom stereocenters. The molecule has 1 aromatic heterocycles. The van der Waals surface area contributed by atoms with E-state index in [2.05, 4.69) is 28.5 Å². The van der Waals surface area contributed by atoms with E-state index in [-0.39, 0.29) is 12.8 Å². The number of nitrogens with one attached hydrogen (secondary N) is 2. The van der Waals surface area contributed by atoms with Crippen LogP contribution in [-0.4, -0.2) is 36.0 Å². The number of hydrogen-bond donors (Lipinski definition) is 2. The van der Waals surface area contributed by atoms with Gasteiger partial charge in [-0.2, -0.15) is 0 Å². The van der Waals surface area contributed by atoms with Crippen molar-refractivity contribution < 1.29 is 19.1 Å². The number of amides is 1. The predicted octanol–water partition coefficient (Wildman–Crippen LogP) is 4.73. The van der Waals surface area contributed by atoms with E-state index in [0.717, 1.165) is 35.4 Å². The van der Waals surface area contributed by atoms with E-state index in [4.69, 9.17) is 14.3 Å². The minimum absolute atomic E-state index is 0.213. The summed E-state index contributed by atoms with van der Waals surface area (Å²) in [6.07, 6.45) is 1.06. The molecule has 0 spiro atoms. The first-order chi connectivity index (χ1) is 16.8. The van der Waals surface area contributed by atoms with E-state index in [1.54, 1.807) is 5.06 Å². The minimum atomic E-state index is -0.457. The van der Waals surface area contributed by atoms with Gasteiger partial charge in [0.1, 0.15) is 6.04 Å². The number of aromatic amines is 1. The monoisotopic (exact) mass is 455 g/mol. The summed E-state index contributed by atoms with van der Waals surface area (Å²) in [5.41, 5.74) is 5.49. The molecule has 3 aromatic carbocycles. The molecular formula is C27H25N3O4. The van der Waals surface area contributed by atoms with Crippen LogP contribution in [-0.2, 0) is 17.7 Å². The fraction of sp³-hybridized carbons (Fsp3) is 0.222. The van der Waals surface area contributed by atoms with E-state index < -0.39 is 6.09 Å². The third-order valence-corrected chi connectivity index (χ3v) is 6.43. The van der Waals surface area contributed by atoms with Crippen LogP contribution in [0.1, 0.15) is 28.4 Å². The number of para-hydroxylation sites is 1. The highest BCUT2D eigenvalue weighted by molar-refractivity contribution is 5.85. The molecule has 0 radical (unpaired) electrons. The maximum atomic E-state index is 12.7. The Kier molecular flexibility index (Phi) is 5.31. The lowest BCUT2D eigenvalue weighted by molar-refractivity contribution is -0.127. The summed E-state index contributed by atoms with van der Waals surface area (Å²) in [5, 5.41) is 5.85. The summed E-state index contributed by atoms with van der Waals surface area (Å²) in [7, 11) is 0. The highest BCUT2D eigenvalue weighted by atomic mass is 16.7. The second kappa shape index (κ2) is 8.76. The molecule has 2 aliphatic heterocycles. The number of ether oxygens (including phenoxy) is 2. The van der Waals surface area contributed by atoms with Crippen LogP contribution in [0.25, 0.3) is 10.9 Å². The number of carbonyl (C=O) groups excluding carboxylic acids is 1. The Morgan fingerprint density at radius 3 is 2.76 bits per heavy atom. The van der Waals surface area contributed by atoms with Crippen LogP contribution in [0.2, 0.25) is 0 Å². The summed E-state index contributed by atoms with van der Waals surface area (Å²) < 4.78 is 11.1. The summed E-state index contributed by atoms with van der Waals surface area (Å²) in [6, 6.07) is 23.9. The molecular weight excluding hydrogens is 430 g/mol. The van der Waals surface area contributed by atoms with Gasteiger partial charge in [0.15, 0.2) is 11.5 Å². The molecule has 3 heterocycles. The van der Waals surface area contributed by atoms with Gasteiger partial charge in [0.2, 0.25) is 6.79 Å². The van der Waals surface area contributed by atoms with Crippen molar-refractivity contribution in [3.05, 3.63) is 95.2 Å². The lowest BCUT2D eigenvalue weighted by Crippen LogP contribution is -2.41. The Morgan fingerprint density at radius 2 is 1.85 bits per heavy atom. The summed E-state index contributed by atoms with van der Waals surface area (Å²) >= 11 is 0. The zero-order chi connectivity index (χ0) is 22.9. The zero-order valence-corrected chi connectivity index (χ0v) is 18.6. The van der Waals surface area contributed by atoms with Crippen LogP contribution in [0.15, 0.2) is 72.8 Å². The van der Waals surface area contributed by atoms with Gasteiger partial charge in [-0.3, -0.25) is 0 Å². The quantitative estimate of drug-likeness (QED) is 0.455. The first-order valence-corrected chi connectivity index (χ1v) is 11.5. The molecule has 1 atom stereocenters. The number of hydrogen-bond acceptors (Lipinski definition) is 5. The van der Waals surface area contributed by atoms with Gasteiger partial charge >= 0.3 is 6.09 Å². The molecule has 0 bridgehead atoms. The molecule has 1 amide bonds. The zero-order valence-electron chi connectivity index (χ0n) is 18.6.